The van der Waals surface area contributed by atoms with Crippen molar-refractivity contribution >= 4 is 33.4 Å². The van der Waals surface area contributed by atoms with Gasteiger partial charge in [0.2, 0.25) is 15.9 Å². The summed E-state index contributed by atoms with van der Waals surface area (Å²) in [6.07, 6.45) is -6.16. The SMILES string of the molecule is COC(=O)N[C@H](C(=O)N[C@H](c1ccc([C@@H](CCO)N(C(C)C)S(=O)(=O)c2ccc(CO)cc2)s1)C(F)(F)F)C(c1ccccc1)c1ccccc1. The number of nitrogens with one attached hydrogen (secondary N) is 2. The minimum atomic E-state index is -5.01. The van der Waals surface area contributed by atoms with Crippen molar-refractivity contribution in [2.75, 3.05) is 13.7 Å². The fraction of sp³-hybridized carbons (Fsp3) is 0.333. The van der Waals surface area contributed by atoms with Crippen molar-refractivity contribution in [1.29, 1.82) is 0 Å². The van der Waals surface area contributed by atoms with Crippen molar-refractivity contribution in [3.05, 3.63) is 124 Å². The number of methoxy groups -OCH3 is 1. The van der Waals surface area contributed by atoms with E-state index in [1.165, 1.54) is 36.4 Å². The van der Waals surface area contributed by atoms with Gasteiger partial charge in [0.15, 0.2) is 6.04 Å². The maximum absolute atomic E-state index is 14.8. The number of thiophene rings is 1. The average molecular weight is 748 g/mol. The number of ether oxygens (including phenoxy) is 1. The lowest BCUT2D eigenvalue weighted by Crippen LogP contribution is -2.52. The van der Waals surface area contributed by atoms with Crippen LogP contribution in [0.1, 0.15) is 64.7 Å². The maximum atomic E-state index is 14.8. The molecule has 0 saturated heterocycles. The first kappa shape index (κ1) is 39.5. The number of rotatable bonds is 15. The van der Waals surface area contributed by atoms with Gasteiger partial charge in [-0.2, -0.15) is 17.5 Å². The first-order valence-corrected chi connectivity index (χ1v) is 18.2. The van der Waals surface area contributed by atoms with E-state index in [1.807, 2.05) is 0 Å². The fourth-order valence-corrected chi connectivity index (χ4v) is 8.97. The van der Waals surface area contributed by atoms with E-state index in [0.717, 1.165) is 11.4 Å². The molecule has 0 unspecified atom stereocenters. The quantitative estimate of drug-likeness (QED) is 0.116. The van der Waals surface area contributed by atoms with Crippen LogP contribution in [-0.4, -0.2) is 66.9 Å². The van der Waals surface area contributed by atoms with Gasteiger partial charge in [0.25, 0.3) is 0 Å². The maximum Gasteiger partial charge on any atom is 0.413 e. The van der Waals surface area contributed by atoms with Crippen LogP contribution in [0.4, 0.5) is 18.0 Å². The molecule has 3 atom stereocenters. The lowest BCUT2D eigenvalue weighted by atomic mass is 9.84. The van der Waals surface area contributed by atoms with Crippen molar-refractivity contribution in [2.45, 2.75) is 68.0 Å². The number of nitrogens with zero attached hydrogens (tertiary/aromatic N) is 1. The van der Waals surface area contributed by atoms with Crippen LogP contribution in [0.3, 0.4) is 0 Å². The predicted molar refractivity (Wildman–Crippen MR) is 186 cm³/mol. The van der Waals surface area contributed by atoms with Crippen LogP contribution >= 0.6 is 11.3 Å². The van der Waals surface area contributed by atoms with Crippen molar-refractivity contribution in [3.63, 3.8) is 0 Å². The second-order valence-corrected chi connectivity index (χ2v) is 14.9. The lowest BCUT2D eigenvalue weighted by Gasteiger charge is -2.33. The number of carbonyl (C=O) groups is 2. The van der Waals surface area contributed by atoms with E-state index in [1.54, 1.807) is 74.5 Å². The summed E-state index contributed by atoms with van der Waals surface area (Å²) in [7, 11) is -3.16. The molecule has 51 heavy (non-hydrogen) atoms. The highest BCUT2D eigenvalue weighted by Gasteiger charge is 2.46. The Morgan fingerprint density at radius 3 is 1.86 bits per heavy atom. The van der Waals surface area contributed by atoms with Crippen molar-refractivity contribution in [1.82, 2.24) is 14.9 Å². The number of halogens is 3. The Morgan fingerprint density at radius 2 is 1.39 bits per heavy atom. The normalized spacial score (nSPS) is 13.9. The summed E-state index contributed by atoms with van der Waals surface area (Å²) >= 11 is 0.655. The number of sulfonamides is 1. The van der Waals surface area contributed by atoms with Crippen molar-refractivity contribution in [3.8, 4) is 0 Å². The summed E-state index contributed by atoms with van der Waals surface area (Å²) < 4.78 is 78.2. The second kappa shape index (κ2) is 17.3. The van der Waals surface area contributed by atoms with Gasteiger partial charge in [0, 0.05) is 28.3 Å². The number of carbonyl (C=O) groups excluding carboxylic acids is 2. The molecule has 3 aromatic carbocycles. The number of benzene rings is 3. The number of alkyl halides is 3. The third-order valence-electron chi connectivity index (χ3n) is 8.17. The van der Waals surface area contributed by atoms with Gasteiger partial charge in [-0.05, 0) is 61.2 Å². The van der Waals surface area contributed by atoms with Crippen LogP contribution in [0.5, 0.6) is 0 Å². The number of alkyl carbamates (subject to hydrolysis) is 1. The van der Waals surface area contributed by atoms with Gasteiger partial charge in [-0.15, -0.1) is 11.3 Å². The summed E-state index contributed by atoms with van der Waals surface area (Å²) in [5.74, 6) is -2.05. The first-order valence-electron chi connectivity index (χ1n) is 16.0. The van der Waals surface area contributed by atoms with Gasteiger partial charge in [-0.25, -0.2) is 13.2 Å². The van der Waals surface area contributed by atoms with Gasteiger partial charge in [-0.3, -0.25) is 4.79 Å². The zero-order valence-electron chi connectivity index (χ0n) is 28.1. The third-order valence-corrected chi connectivity index (χ3v) is 11.5. The summed E-state index contributed by atoms with van der Waals surface area (Å²) in [5, 5.41) is 23.9. The van der Waals surface area contributed by atoms with Gasteiger partial charge >= 0.3 is 12.3 Å². The Kier molecular flexibility index (Phi) is 13.4. The topological polar surface area (TPSA) is 145 Å². The van der Waals surface area contributed by atoms with Gasteiger partial charge in [-0.1, -0.05) is 72.8 Å². The van der Waals surface area contributed by atoms with Crippen molar-refractivity contribution < 1.29 is 46.1 Å². The number of hydrogen-bond acceptors (Lipinski definition) is 8. The van der Waals surface area contributed by atoms with Crippen LogP contribution in [-0.2, 0) is 26.2 Å². The number of amides is 2. The summed E-state index contributed by atoms with van der Waals surface area (Å²) in [5.41, 5.74) is 1.59. The molecule has 4 rings (SSSR count). The van der Waals surface area contributed by atoms with Gasteiger partial charge < -0.3 is 25.6 Å². The van der Waals surface area contributed by atoms with E-state index in [0.29, 0.717) is 28.0 Å². The molecule has 1 heterocycles. The van der Waals surface area contributed by atoms with Crippen LogP contribution in [0.2, 0.25) is 0 Å². The molecule has 15 heteroatoms. The Hall–Kier alpha value is -4.28. The van der Waals surface area contributed by atoms with E-state index >= 15 is 0 Å². The molecule has 4 aromatic rings. The van der Waals surface area contributed by atoms with Crippen molar-refractivity contribution in [2.24, 2.45) is 0 Å². The Balaban J connectivity index is 1.74. The highest BCUT2D eigenvalue weighted by Crippen LogP contribution is 2.42. The van der Waals surface area contributed by atoms with E-state index in [9.17, 15) is 41.4 Å². The fourth-order valence-electron chi connectivity index (χ4n) is 5.84. The minimum Gasteiger partial charge on any atom is -0.453 e. The Labute approximate surface area is 298 Å². The zero-order chi connectivity index (χ0) is 37.3. The van der Waals surface area contributed by atoms with Gasteiger partial charge in [0.05, 0.1) is 24.7 Å². The molecule has 10 nitrogen and oxygen atoms in total. The molecule has 274 valence electrons. The summed E-state index contributed by atoms with van der Waals surface area (Å²) in [6, 6.07) is 19.4. The molecule has 0 saturated carbocycles. The minimum absolute atomic E-state index is 0.0934. The van der Waals surface area contributed by atoms with E-state index in [-0.39, 0.29) is 27.7 Å². The molecule has 4 N–H and O–H groups in total. The van der Waals surface area contributed by atoms with Crippen LogP contribution in [0.15, 0.2) is 102 Å². The van der Waals surface area contributed by atoms with E-state index in [4.69, 9.17) is 4.74 Å². The first-order chi connectivity index (χ1) is 24.2. The van der Waals surface area contributed by atoms with Crippen LogP contribution < -0.4 is 10.6 Å². The molecular weight excluding hydrogens is 708 g/mol. The van der Waals surface area contributed by atoms with Crippen LogP contribution in [0.25, 0.3) is 0 Å². The summed E-state index contributed by atoms with van der Waals surface area (Å²) in [6.45, 7) is 2.46. The Bertz CT molecular complexity index is 1800. The molecule has 0 aliphatic rings. The third kappa shape index (κ3) is 9.54. The Morgan fingerprint density at radius 1 is 0.843 bits per heavy atom. The summed E-state index contributed by atoms with van der Waals surface area (Å²) in [4.78, 5) is 26.3. The smallest absolute Gasteiger partial charge is 0.413 e. The molecule has 0 radical (unpaired) electrons. The molecule has 0 fully saturated rings. The average Bonchev–Trinajstić information content (AvgIpc) is 3.59. The lowest BCUT2D eigenvalue weighted by molar-refractivity contribution is -0.163. The molecule has 0 aliphatic carbocycles. The number of hydrogen-bond donors (Lipinski definition) is 4. The monoisotopic (exact) mass is 747 g/mol. The number of aliphatic hydroxyl groups is 2. The molecule has 1 aromatic heterocycles. The second-order valence-electron chi connectivity index (χ2n) is 11.9. The predicted octanol–water partition coefficient (Wildman–Crippen LogP) is 6.04. The zero-order valence-corrected chi connectivity index (χ0v) is 29.7. The van der Waals surface area contributed by atoms with E-state index in [2.05, 4.69) is 10.6 Å². The van der Waals surface area contributed by atoms with Crippen LogP contribution in [0, 0.1) is 0 Å². The largest absolute Gasteiger partial charge is 0.453 e. The highest BCUT2D eigenvalue weighted by molar-refractivity contribution is 7.89. The molecule has 2 amide bonds. The van der Waals surface area contributed by atoms with Gasteiger partial charge in [0.1, 0.15) is 6.04 Å². The molecular formula is C36H40F3N3O7S2. The highest BCUT2D eigenvalue weighted by atomic mass is 32.2. The molecule has 0 aliphatic heterocycles. The molecule has 0 bridgehead atoms. The standard InChI is InChI=1S/C36H40F3N3O7S2/c1-23(2)42(51(47,48)27-16-14-24(22-44)15-17-27)28(20-21-43)29-18-19-30(50-29)33(36(37,38)39)41-34(45)32(40-35(46)49-3)31(25-10-6-4-7-11-25)26-12-8-5-9-13-26/h4-19,23,28,31-33,43-44H,20-22H2,1-3H3,(H,40,46)(H,41,45)/t28-,32+,33-/m1/s1. The number of aliphatic hydroxyl groups excluding tert-OH is 2. The molecule has 0 spiro atoms. The van der Waals surface area contributed by atoms with E-state index < -0.39 is 64.9 Å².